The van der Waals surface area contributed by atoms with Crippen molar-refractivity contribution in [2.75, 3.05) is 0 Å². The molecule has 126 valence electrons. The van der Waals surface area contributed by atoms with Crippen LogP contribution < -0.4 is 42.4 Å². The average molecular weight is 424 g/mol. The number of rotatable bonds is 7. The third-order valence-electron chi connectivity index (χ3n) is 4.10. The van der Waals surface area contributed by atoms with Gasteiger partial charge in [0.1, 0.15) is 0 Å². The Morgan fingerprint density at radius 2 is 1.61 bits per heavy atom. The van der Waals surface area contributed by atoms with E-state index in [0.717, 1.165) is 0 Å². The number of unbranched alkanes of at least 4 members (excludes halogenated alkanes) is 1. The fraction of sp³-hybridized carbons (Fsp3) is 0.444. The third-order valence-corrected chi connectivity index (χ3v) is 7.59. The third kappa shape index (κ3) is 7.50. The van der Waals surface area contributed by atoms with E-state index in [4.69, 9.17) is 0 Å². The van der Waals surface area contributed by atoms with E-state index in [0.29, 0.717) is 0 Å². The van der Waals surface area contributed by atoms with Gasteiger partial charge in [0.05, 0.1) is 0 Å². The second-order valence-electron chi connectivity index (χ2n) is 5.75. The number of allylic oxidation sites excluding steroid dienone is 4. The molecule has 0 atom stereocenters. The van der Waals surface area contributed by atoms with Gasteiger partial charge in [-0.25, -0.2) is 0 Å². The van der Waals surface area contributed by atoms with Gasteiger partial charge in [0.15, 0.2) is 0 Å². The van der Waals surface area contributed by atoms with Crippen molar-refractivity contribution in [2.45, 2.75) is 52.4 Å². The van der Waals surface area contributed by atoms with Gasteiger partial charge in [0.2, 0.25) is 0 Å². The zero-order valence-corrected chi connectivity index (χ0v) is 19.2. The molecule has 1 aliphatic carbocycles. The predicted octanol–water partition coefficient (Wildman–Crippen LogP) is -5.06. The maximum Gasteiger partial charge on any atom is -1.00 e. The zero-order chi connectivity index (χ0) is 14.4. The molecule has 0 radical (unpaired) electrons. The van der Waals surface area contributed by atoms with Crippen molar-refractivity contribution in [3.8, 4) is 0 Å². The van der Waals surface area contributed by atoms with Gasteiger partial charge in [-0.15, -0.1) is 0 Å². The minimum Gasteiger partial charge on any atom is -1.00 e. The standard InChI is InChI=1S/C18H25Si.3ClH.Ti/c1-3-5-10-16-14-18(13-15(16)9-4-2)19-17-11-7-6-8-12-17;;;;/h6-8,11-12H,3-5,9-10,13,19H2,1-2H3;3*1H;/q;;;;+3/p-3. The molecule has 2 rings (SSSR count). The molecule has 1 aromatic rings. The van der Waals surface area contributed by atoms with E-state index in [1.807, 2.05) is 0 Å². The van der Waals surface area contributed by atoms with E-state index in [-0.39, 0.29) is 46.7 Å². The molecule has 1 aromatic carbocycles. The molecule has 1 aliphatic rings. The van der Waals surface area contributed by atoms with Crippen molar-refractivity contribution in [1.82, 2.24) is 0 Å². The van der Waals surface area contributed by atoms with Crippen LogP contribution in [0.2, 0.25) is 0 Å². The van der Waals surface area contributed by atoms with Gasteiger partial charge >= 0.3 is 138 Å². The second-order valence-corrected chi connectivity index (χ2v) is 8.56. The number of hydrogen-bond donors (Lipinski definition) is 0. The Hall–Kier alpha value is 0.501. The Kier molecular flexibility index (Phi) is 15.4. The van der Waals surface area contributed by atoms with E-state index >= 15 is 0 Å². The number of benzene rings is 1. The molecule has 0 saturated carbocycles. The number of hydrogen-bond acceptors (Lipinski definition) is 0. The fourth-order valence-corrected chi connectivity index (χ4v) is 5.87. The SMILES string of the molecule is CCCCC1=C(CCC)CC([SiH2]c2ccccc2)=[C]1[Ti+3].[Cl-].[Cl-].[Cl-]. The summed E-state index contributed by atoms with van der Waals surface area (Å²) < 4.78 is 1.66. The first-order chi connectivity index (χ1) is 9.76. The molecule has 0 spiro atoms. The van der Waals surface area contributed by atoms with Crippen LogP contribution in [0.3, 0.4) is 0 Å². The van der Waals surface area contributed by atoms with Gasteiger partial charge in [-0.05, 0) is 0 Å². The van der Waals surface area contributed by atoms with Crippen molar-refractivity contribution < 1.29 is 57.7 Å². The van der Waals surface area contributed by atoms with Crippen molar-refractivity contribution in [3.63, 3.8) is 0 Å². The summed E-state index contributed by atoms with van der Waals surface area (Å²) in [5.41, 5.74) is 3.49. The Labute approximate surface area is 174 Å². The van der Waals surface area contributed by atoms with Gasteiger partial charge in [-0.3, -0.25) is 0 Å². The van der Waals surface area contributed by atoms with Crippen LogP contribution in [0.25, 0.3) is 0 Å². The molecule has 0 bridgehead atoms. The fourth-order valence-electron chi connectivity index (χ4n) is 3.03. The van der Waals surface area contributed by atoms with Crippen LogP contribution in [0.4, 0.5) is 0 Å². The summed E-state index contributed by atoms with van der Waals surface area (Å²) in [4.78, 5) is 0. The molecule has 0 aromatic heterocycles. The molecule has 0 fully saturated rings. The van der Waals surface area contributed by atoms with Gasteiger partial charge < -0.3 is 37.2 Å². The Morgan fingerprint density at radius 3 is 2.17 bits per heavy atom. The second kappa shape index (κ2) is 13.8. The van der Waals surface area contributed by atoms with Crippen LogP contribution in [0, 0.1) is 0 Å². The van der Waals surface area contributed by atoms with Crippen LogP contribution in [-0.4, -0.2) is 9.52 Å². The van der Waals surface area contributed by atoms with Crippen LogP contribution in [0.15, 0.2) is 50.6 Å². The summed E-state index contributed by atoms with van der Waals surface area (Å²) in [5.74, 6) is 0. The first-order valence-electron chi connectivity index (χ1n) is 7.95. The zero-order valence-electron chi connectivity index (χ0n) is 14.0. The molecular weight excluding hydrogens is 399 g/mol. The van der Waals surface area contributed by atoms with Gasteiger partial charge in [0, 0.05) is 0 Å². The average Bonchev–Trinajstić information content (AvgIpc) is 2.74. The maximum absolute atomic E-state index is 2.39. The van der Waals surface area contributed by atoms with E-state index < -0.39 is 0 Å². The van der Waals surface area contributed by atoms with Crippen LogP contribution in [0.1, 0.15) is 52.4 Å². The molecule has 0 saturated heterocycles. The Balaban J connectivity index is 0. The molecule has 0 amide bonds. The summed E-state index contributed by atoms with van der Waals surface area (Å²) in [6.07, 6.45) is 7.85. The van der Waals surface area contributed by atoms with Crippen LogP contribution in [0.5, 0.6) is 0 Å². The molecule has 0 aliphatic heterocycles. The van der Waals surface area contributed by atoms with Gasteiger partial charge in [0.25, 0.3) is 0 Å². The molecule has 0 nitrogen and oxygen atoms in total. The quantitative estimate of drug-likeness (QED) is 0.385. The van der Waals surface area contributed by atoms with Crippen molar-refractivity contribution >= 4 is 14.7 Å². The monoisotopic (exact) mass is 422 g/mol. The largest absolute Gasteiger partial charge is 1.00 e. The first-order valence-corrected chi connectivity index (χ1v) is 10.1. The van der Waals surface area contributed by atoms with Crippen LogP contribution >= 0.6 is 0 Å². The van der Waals surface area contributed by atoms with E-state index in [1.165, 1.54) is 38.5 Å². The molecule has 5 heteroatoms. The summed E-state index contributed by atoms with van der Waals surface area (Å²) >= 11 is 2.39. The maximum atomic E-state index is 2.39. The summed E-state index contributed by atoms with van der Waals surface area (Å²) in [6, 6.07) is 11.1. The summed E-state index contributed by atoms with van der Waals surface area (Å²) in [5, 5.41) is 3.39. The first kappa shape index (κ1) is 25.7. The Morgan fingerprint density at radius 1 is 0.957 bits per heavy atom. The van der Waals surface area contributed by atoms with Gasteiger partial charge in [-0.1, -0.05) is 0 Å². The van der Waals surface area contributed by atoms with Crippen molar-refractivity contribution in [1.29, 1.82) is 0 Å². The van der Waals surface area contributed by atoms with Crippen molar-refractivity contribution in [2.24, 2.45) is 0 Å². The minimum atomic E-state index is -0.248. The van der Waals surface area contributed by atoms with E-state index in [2.05, 4.69) is 64.6 Å². The molecule has 0 N–H and O–H groups in total. The Bertz CT molecular complexity index is 512. The predicted molar refractivity (Wildman–Crippen MR) is 87.7 cm³/mol. The van der Waals surface area contributed by atoms with E-state index in [9.17, 15) is 0 Å². The van der Waals surface area contributed by atoms with Crippen LogP contribution in [-0.2, 0) is 20.4 Å². The molecule has 0 unspecified atom stereocenters. The van der Waals surface area contributed by atoms with Gasteiger partial charge in [-0.2, -0.15) is 0 Å². The summed E-state index contributed by atoms with van der Waals surface area (Å²) in [7, 11) is -0.248. The normalized spacial score (nSPS) is 13.9. The summed E-state index contributed by atoms with van der Waals surface area (Å²) in [6.45, 7) is 4.61. The van der Waals surface area contributed by atoms with E-state index in [1.54, 1.807) is 25.4 Å². The van der Waals surface area contributed by atoms with Crippen molar-refractivity contribution in [3.05, 3.63) is 50.6 Å². The molecule has 0 heterocycles. The topological polar surface area (TPSA) is 0 Å². The minimum absolute atomic E-state index is 0. The number of halogens is 3. The smallest absolute Gasteiger partial charge is 1.00 e. The molecular formula is C18H25Cl3SiTi. The molecule has 23 heavy (non-hydrogen) atoms.